The van der Waals surface area contributed by atoms with E-state index in [4.69, 9.17) is 23.9 Å². The molecule has 3 aromatic carbocycles. The molecule has 182 valence electrons. The van der Waals surface area contributed by atoms with Gasteiger partial charge in [0.1, 0.15) is 22.8 Å². The van der Waals surface area contributed by atoms with Crippen molar-refractivity contribution in [2.24, 2.45) is 4.99 Å². The number of hydrogen-bond donors (Lipinski definition) is 0. The number of ether oxygens (including phenoxy) is 2. The molecule has 5 aromatic rings. The number of fused-ring (bicyclic) bond motifs is 1. The van der Waals surface area contributed by atoms with Gasteiger partial charge in [0.15, 0.2) is 0 Å². The van der Waals surface area contributed by atoms with E-state index in [0.29, 0.717) is 11.7 Å². The molecular weight excluding hydrogens is 468 g/mol. The number of hydrogen-bond acceptors (Lipinski definition) is 6. The molecule has 0 N–H and O–H groups in total. The van der Waals surface area contributed by atoms with E-state index in [9.17, 15) is 0 Å². The molecule has 6 heteroatoms. The van der Waals surface area contributed by atoms with Crippen molar-refractivity contribution in [1.82, 2.24) is 4.98 Å². The first-order chi connectivity index (χ1) is 17.4. The van der Waals surface area contributed by atoms with Crippen molar-refractivity contribution >= 4 is 27.4 Å². The number of benzene rings is 3. The standard InChI is InChI=1S/C30H28N2O3S/c1-6-34-24-13-14-27-25(16-24)26(17-28(35-27)21-9-11-23(33-5)12-10-21)31-30-32-29(20(4)36-30)22-8-7-18(2)19(3)15-22/h7-17H,6H2,1-5H3. The number of aryl methyl sites for hydroxylation is 3. The highest BCUT2D eigenvalue weighted by molar-refractivity contribution is 7.15. The minimum atomic E-state index is 0.587. The van der Waals surface area contributed by atoms with Crippen LogP contribution in [-0.2, 0) is 0 Å². The van der Waals surface area contributed by atoms with Gasteiger partial charge in [-0.2, -0.15) is 0 Å². The zero-order valence-corrected chi connectivity index (χ0v) is 21.9. The van der Waals surface area contributed by atoms with Gasteiger partial charge in [-0.05, 0) is 87.4 Å². The van der Waals surface area contributed by atoms with Crippen molar-refractivity contribution in [3.63, 3.8) is 0 Å². The van der Waals surface area contributed by atoms with E-state index in [-0.39, 0.29) is 0 Å². The van der Waals surface area contributed by atoms with Crippen molar-refractivity contribution in [3.05, 3.63) is 88.1 Å². The Labute approximate surface area is 214 Å². The molecule has 2 aromatic heterocycles. The summed E-state index contributed by atoms with van der Waals surface area (Å²) in [6.45, 7) is 8.90. The Morgan fingerprint density at radius 1 is 0.861 bits per heavy atom. The fourth-order valence-electron chi connectivity index (χ4n) is 4.08. The topological polar surface area (TPSA) is 56.9 Å². The largest absolute Gasteiger partial charge is 0.497 e. The summed E-state index contributed by atoms with van der Waals surface area (Å²) in [5.74, 6) is 2.29. The summed E-state index contributed by atoms with van der Waals surface area (Å²) in [5, 5.41) is 2.36. The Bertz CT molecular complexity index is 1610. The molecule has 0 bridgehead atoms. The van der Waals surface area contributed by atoms with Crippen LogP contribution in [0.2, 0.25) is 0 Å². The molecule has 0 aliphatic carbocycles. The summed E-state index contributed by atoms with van der Waals surface area (Å²) in [7, 11) is 1.66. The molecule has 0 amide bonds. The average Bonchev–Trinajstić information content (AvgIpc) is 3.25. The van der Waals surface area contributed by atoms with Crippen molar-refractivity contribution in [2.75, 3.05) is 13.7 Å². The molecular formula is C30H28N2O3S. The number of thiazole rings is 1. The van der Waals surface area contributed by atoms with Gasteiger partial charge < -0.3 is 13.9 Å². The van der Waals surface area contributed by atoms with E-state index in [2.05, 4.69) is 39.0 Å². The molecule has 2 heterocycles. The first-order valence-electron chi connectivity index (χ1n) is 11.9. The molecule has 0 fully saturated rings. The van der Waals surface area contributed by atoms with Crippen LogP contribution in [0.4, 0.5) is 5.13 Å². The van der Waals surface area contributed by atoms with Gasteiger partial charge in [-0.15, -0.1) is 0 Å². The Balaban J connectivity index is 1.67. The van der Waals surface area contributed by atoms with Crippen LogP contribution in [0.3, 0.4) is 0 Å². The van der Waals surface area contributed by atoms with Gasteiger partial charge in [0.2, 0.25) is 5.13 Å². The second-order valence-electron chi connectivity index (χ2n) is 8.63. The summed E-state index contributed by atoms with van der Waals surface area (Å²) >= 11 is 1.59. The molecule has 0 spiro atoms. The van der Waals surface area contributed by atoms with Gasteiger partial charge in [0.25, 0.3) is 0 Å². The summed E-state index contributed by atoms with van der Waals surface area (Å²) in [4.78, 5) is 11.0. The van der Waals surface area contributed by atoms with Crippen molar-refractivity contribution in [3.8, 4) is 34.1 Å². The molecule has 0 atom stereocenters. The van der Waals surface area contributed by atoms with E-state index in [0.717, 1.165) is 55.3 Å². The Kier molecular flexibility index (Phi) is 6.61. The third-order valence-corrected chi connectivity index (χ3v) is 7.05. The SMILES string of the molecule is CCOc1ccc2oc(-c3ccc(OC)cc3)cc(=Nc3nc(-c4ccc(C)c(C)c4)c(C)s3)c2c1. The molecule has 0 saturated carbocycles. The van der Waals surface area contributed by atoms with Gasteiger partial charge in [-0.1, -0.05) is 23.5 Å². The predicted molar refractivity (Wildman–Crippen MR) is 146 cm³/mol. The quantitative estimate of drug-likeness (QED) is 0.241. The first-order valence-corrected chi connectivity index (χ1v) is 12.7. The van der Waals surface area contributed by atoms with E-state index < -0.39 is 0 Å². The normalized spacial score (nSPS) is 11.8. The maximum Gasteiger partial charge on any atom is 0.210 e. The zero-order chi connectivity index (χ0) is 25.2. The van der Waals surface area contributed by atoms with E-state index >= 15 is 0 Å². The van der Waals surface area contributed by atoms with Crippen LogP contribution in [0.5, 0.6) is 11.5 Å². The van der Waals surface area contributed by atoms with E-state index in [1.807, 2.05) is 55.5 Å². The van der Waals surface area contributed by atoms with Crippen molar-refractivity contribution < 1.29 is 13.9 Å². The van der Waals surface area contributed by atoms with Crippen LogP contribution in [-0.4, -0.2) is 18.7 Å². The van der Waals surface area contributed by atoms with E-state index in [1.165, 1.54) is 11.1 Å². The predicted octanol–water partition coefficient (Wildman–Crippen LogP) is 7.79. The lowest BCUT2D eigenvalue weighted by Gasteiger charge is -2.08. The number of methoxy groups -OCH3 is 1. The maximum atomic E-state index is 6.28. The zero-order valence-electron chi connectivity index (χ0n) is 21.1. The lowest BCUT2D eigenvalue weighted by Crippen LogP contribution is -2.04. The highest BCUT2D eigenvalue weighted by Gasteiger charge is 2.12. The van der Waals surface area contributed by atoms with Crippen LogP contribution < -0.4 is 14.8 Å². The van der Waals surface area contributed by atoms with Gasteiger partial charge in [-0.3, -0.25) is 0 Å². The highest BCUT2D eigenvalue weighted by atomic mass is 32.1. The maximum absolute atomic E-state index is 6.28. The molecule has 0 aliphatic heterocycles. The second kappa shape index (κ2) is 9.99. The smallest absolute Gasteiger partial charge is 0.210 e. The van der Waals surface area contributed by atoms with E-state index in [1.54, 1.807) is 18.4 Å². The van der Waals surface area contributed by atoms with Crippen LogP contribution in [0.25, 0.3) is 33.6 Å². The fourth-order valence-corrected chi connectivity index (χ4v) is 4.90. The van der Waals surface area contributed by atoms with Gasteiger partial charge >= 0.3 is 0 Å². The van der Waals surface area contributed by atoms with Crippen molar-refractivity contribution in [1.29, 1.82) is 0 Å². The summed E-state index contributed by atoms with van der Waals surface area (Å²) in [6.07, 6.45) is 0. The summed E-state index contributed by atoms with van der Waals surface area (Å²) in [6, 6.07) is 22.0. The van der Waals surface area contributed by atoms with Crippen LogP contribution in [0.15, 0.2) is 76.1 Å². The van der Waals surface area contributed by atoms with Gasteiger partial charge in [-0.25, -0.2) is 9.98 Å². The average molecular weight is 497 g/mol. The molecule has 5 nitrogen and oxygen atoms in total. The van der Waals surface area contributed by atoms with Gasteiger partial charge in [0.05, 0.1) is 24.8 Å². The monoisotopic (exact) mass is 496 g/mol. The van der Waals surface area contributed by atoms with Crippen LogP contribution >= 0.6 is 11.3 Å². The number of rotatable bonds is 6. The molecule has 0 saturated heterocycles. The molecule has 0 aliphatic rings. The van der Waals surface area contributed by atoms with Crippen LogP contribution in [0.1, 0.15) is 22.9 Å². The summed E-state index contributed by atoms with van der Waals surface area (Å²) in [5.41, 5.74) is 6.27. The Morgan fingerprint density at radius 2 is 1.61 bits per heavy atom. The molecule has 0 unspecified atom stereocenters. The van der Waals surface area contributed by atoms with Crippen molar-refractivity contribution in [2.45, 2.75) is 27.7 Å². The van der Waals surface area contributed by atoms with Gasteiger partial charge in [0, 0.05) is 27.5 Å². The first kappa shape index (κ1) is 23.8. The Hall–Kier alpha value is -3.90. The third kappa shape index (κ3) is 4.77. The number of nitrogens with zero attached hydrogens (tertiary/aromatic N) is 2. The second-order valence-corrected chi connectivity index (χ2v) is 9.81. The minimum absolute atomic E-state index is 0.587. The number of aromatic nitrogens is 1. The van der Waals surface area contributed by atoms with Crippen LogP contribution in [0, 0.1) is 20.8 Å². The highest BCUT2D eigenvalue weighted by Crippen LogP contribution is 2.33. The minimum Gasteiger partial charge on any atom is -0.497 e. The molecule has 36 heavy (non-hydrogen) atoms. The third-order valence-electron chi connectivity index (χ3n) is 6.18. The fraction of sp³-hybridized carbons (Fsp3) is 0.200. The lowest BCUT2D eigenvalue weighted by molar-refractivity contribution is 0.340. The Morgan fingerprint density at radius 3 is 2.33 bits per heavy atom. The lowest BCUT2D eigenvalue weighted by atomic mass is 10.0. The summed E-state index contributed by atoms with van der Waals surface area (Å²) < 4.78 is 17.3. The molecule has 0 radical (unpaired) electrons. The molecule has 5 rings (SSSR count).